The Kier molecular flexibility index (Phi) is 4.41. The highest BCUT2D eigenvalue weighted by Crippen LogP contribution is 2.34. The number of nitrogens with two attached hydrogens (primary N) is 2. The molecule has 0 saturated heterocycles. The van der Waals surface area contributed by atoms with Crippen LogP contribution in [-0.2, 0) is 17.5 Å². The average molecular weight is 394 g/mol. The van der Waals surface area contributed by atoms with Gasteiger partial charge in [-0.1, -0.05) is 12.1 Å². The van der Waals surface area contributed by atoms with Crippen LogP contribution in [0.2, 0.25) is 0 Å². The maximum atomic E-state index is 13.5. The Balaban J connectivity index is 2.54. The number of hydrogen-bond acceptors (Lipinski definition) is 5. The minimum Gasteiger partial charge on any atom is -0.368 e. The van der Waals surface area contributed by atoms with Gasteiger partial charge in [-0.2, -0.15) is 13.2 Å². The largest absolute Gasteiger partial charge is 0.418 e. The van der Waals surface area contributed by atoms with Crippen molar-refractivity contribution in [2.45, 2.75) is 19.6 Å². The summed E-state index contributed by atoms with van der Waals surface area (Å²) in [6.07, 6.45) is -4.78. The molecule has 0 saturated carbocycles. The highest BCUT2D eigenvalue weighted by atomic mass is 19.4. The molecule has 0 radical (unpaired) electrons. The van der Waals surface area contributed by atoms with Crippen LogP contribution < -0.4 is 17.2 Å². The molecule has 4 N–H and O–H groups in total. The first-order valence-electron chi connectivity index (χ1n) is 7.77. The topological polar surface area (TPSA) is 139 Å². The van der Waals surface area contributed by atoms with Crippen LogP contribution >= 0.6 is 0 Å². The van der Waals surface area contributed by atoms with Crippen molar-refractivity contribution >= 4 is 23.0 Å². The smallest absolute Gasteiger partial charge is 0.368 e. The number of carbonyl (C=O) groups excluding carboxylic acids is 2. The third-order valence-electron chi connectivity index (χ3n) is 3.88. The monoisotopic (exact) mass is 394 g/mol. The maximum Gasteiger partial charge on any atom is 0.418 e. The van der Waals surface area contributed by atoms with Crippen molar-refractivity contribution in [3.63, 3.8) is 0 Å². The Morgan fingerprint density at radius 3 is 2.36 bits per heavy atom. The molecule has 2 heterocycles. The molecule has 0 bridgehead atoms. The number of primary amides is 2. The number of alkyl halides is 3. The van der Waals surface area contributed by atoms with Gasteiger partial charge in [-0.05, 0) is 19.1 Å². The lowest BCUT2D eigenvalue weighted by molar-refractivity contribution is -0.137. The molecule has 146 valence electrons. The van der Waals surface area contributed by atoms with E-state index in [1.165, 1.54) is 13.0 Å². The summed E-state index contributed by atoms with van der Waals surface area (Å²) in [7, 11) is 0. The number of carbonyl (C=O) groups is 2. The molecule has 0 aliphatic rings. The second-order valence-corrected chi connectivity index (χ2v) is 5.84. The van der Waals surface area contributed by atoms with E-state index in [0.29, 0.717) is 4.57 Å². The normalized spacial score (nSPS) is 11.7. The molecule has 28 heavy (non-hydrogen) atoms. The summed E-state index contributed by atoms with van der Waals surface area (Å²) >= 11 is 0. The summed E-state index contributed by atoms with van der Waals surface area (Å²) in [5.74, 6) is -2.01. The minimum atomic E-state index is -4.78. The number of nitrogens with zero attached hydrogens (tertiary/aromatic N) is 4. The summed E-state index contributed by atoms with van der Waals surface area (Å²) < 4.78 is 41.8. The van der Waals surface area contributed by atoms with E-state index >= 15 is 0 Å². The first kappa shape index (κ1) is 19.1. The second-order valence-electron chi connectivity index (χ2n) is 5.84. The van der Waals surface area contributed by atoms with Crippen LogP contribution in [-0.4, -0.2) is 30.9 Å². The zero-order valence-electron chi connectivity index (χ0n) is 14.3. The molecule has 12 heteroatoms. The zero-order chi connectivity index (χ0) is 20.8. The first-order valence-corrected chi connectivity index (χ1v) is 7.77. The Labute approximate surface area is 154 Å². The van der Waals surface area contributed by atoms with Gasteiger partial charge in [0.15, 0.2) is 11.3 Å². The molecule has 3 rings (SSSR count). The van der Waals surface area contributed by atoms with Crippen LogP contribution in [0.4, 0.5) is 13.2 Å². The van der Waals surface area contributed by atoms with E-state index in [1.807, 2.05) is 0 Å². The number of rotatable bonds is 4. The van der Waals surface area contributed by atoms with Crippen molar-refractivity contribution in [2.75, 3.05) is 0 Å². The van der Waals surface area contributed by atoms with Crippen molar-refractivity contribution in [3.05, 3.63) is 51.8 Å². The molecular weight excluding hydrogens is 381 g/mol. The molecule has 0 fully saturated rings. The fourth-order valence-corrected chi connectivity index (χ4v) is 2.86. The van der Waals surface area contributed by atoms with Crippen molar-refractivity contribution in [1.29, 1.82) is 0 Å². The summed E-state index contributed by atoms with van der Waals surface area (Å²) in [6.45, 7) is 0.672. The van der Waals surface area contributed by atoms with Crippen molar-refractivity contribution in [1.82, 2.24) is 19.1 Å². The molecule has 2 aromatic heterocycles. The molecule has 2 amide bonds. The number of para-hydroxylation sites is 1. The number of aromatic nitrogens is 4. The molecular formula is C16H13F3N6O3. The first-order chi connectivity index (χ1) is 13.0. The van der Waals surface area contributed by atoms with Gasteiger partial charge in [-0.15, -0.1) is 0 Å². The molecule has 0 aliphatic heterocycles. The van der Waals surface area contributed by atoms with Crippen molar-refractivity contribution in [3.8, 4) is 5.69 Å². The number of amides is 2. The average Bonchev–Trinajstić information content (AvgIpc) is 2.84. The minimum absolute atomic E-state index is 0.00392. The fourth-order valence-electron chi connectivity index (χ4n) is 2.86. The number of hydrogen-bond donors (Lipinski definition) is 2. The number of benzene rings is 1. The van der Waals surface area contributed by atoms with E-state index in [-0.39, 0.29) is 17.0 Å². The van der Waals surface area contributed by atoms with Gasteiger partial charge < -0.3 is 11.5 Å². The van der Waals surface area contributed by atoms with Crippen molar-refractivity contribution < 1.29 is 22.8 Å². The van der Waals surface area contributed by atoms with Gasteiger partial charge in [0.05, 0.1) is 11.3 Å². The lowest BCUT2D eigenvalue weighted by atomic mass is 10.1. The maximum absolute atomic E-state index is 13.5. The number of fused-ring (bicyclic) bond motifs is 1. The number of imidazole rings is 1. The van der Waals surface area contributed by atoms with E-state index in [9.17, 15) is 27.6 Å². The van der Waals surface area contributed by atoms with E-state index in [4.69, 9.17) is 11.5 Å². The van der Waals surface area contributed by atoms with Gasteiger partial charge in [-0.3, -0.25) is 14.2 Å². The quantitative estimate of drug-likeness (QED) is 0.663. The third kappa shape index (κ3) is 3.08. The van der Waals surface area contributed by atoms with Crippen LogP contribution in [0.3, 0.4) is 0 Å². The molecule has 0 atom stereocenters. The molecule has 0 aliphatic carbocycles. The van der Waals surface area contributed by atoms with Crippen LogP contribution in [0.15, 0.2) is 29.1 Å². The summed E-state index contributed by atoms with van der Waals surface area (Å²) in [4.78, 5) is 44.0. The Hall–Kier alpha value is -3.70. The van der Waals surface area contributed by atoms with E-state index in [1.54, 1.807) is 0 Å². The highest BCUT2D eigenvalue weighted by Gasteiger charge is 2.35. The zero-order valence-corrected chi connectivity index (χ0v) is 14.3. The number of aryl methyl sites for hydroxylation is 1. The van der Waals surface area contributed by atoms with Crippen molar-refractivity contribution in [2.24, 2.45) is 11.5 Å². The van der Waals surface area contributed by atoms with E-state index in [2.05, 4.69) is 9.97 Å². The summed E-state index contributed by atoms with van der Waals surface area (Å²) in [5.41, 5.74) is 6.77. The lowest BCUT2D eigenvalue weighted by Gasteiger charge is -2.13. The predicted octanol–water partition coefficient (Wildman–Crippen LogP) is 0.494. The van der Waals surface area contributed by atoms with Crippen LogP contribution in [0, 0.1) is 6.92 Å². The Morgan fingerprint density at radius 2 is 1.79 bits per heavy atom. The molecule has 3 aromatic rings. The van der Waals surface area contributed by atoms with Gasteiger partial charge in [0, 0.05) is 0 Å². The summed E-state index contributed by atoms with van der Waals surface area (Å²) in [6, 6.07) is 4.33. The summed E-state index contributed by atoms with van der Waals surface area (Å²) in [5, 5.41) is 0. The lowest BCUT2D eigenvalue weighted by Crippen LogP contribution is -2.30. The highest BCUT2D eigenvalue weighted by molar-refractivity contribution is 6.02. The Bertz CT molecular complexity index is 1180. The van der Waals surface area contributed by atoms with Gasteiger partial charge in [0.25, 0.3) is 5.91 Å². The van der Waals surface area contributed by atoms with E-state index < -0.39 is 47.2 Å². The third-order valence-corrected chi connectivity index (χ3v) is 3.88. The van der Waals surface area contributed by atoms with Gasteiger partial charge in [-0.25, -0.2) is 19.3 Å². The van der Waals surface area contributed by atoms with E-state index in [0.717, 1.165) is 22.8 Å². The van der Waals surface area contributed by atoms with Crippen LogP contribution in [0.5, 0.6) is 0 Å². The predicted molar refractivity (Wildman–Crippen MR) is 90.6 cm³/mol. The van der Waals surface area contributed by atoms with Gasteiger partial charge in [0.1, 0.15) is 17.9 Å². The van der Waals surface area contributed by atoms with Gasteiger partial charge >= 0.3 is 11.9 Å². The van der Waals surface area contributed by atoms with Gasteiger partial charge in [0.2, 0.25) is 5.91 Å². The Morgan fingerprint density at radius 1 is 1.14 bits per heavy atom. The second kappa shape index (κ2) is 6.48. The number of halogens is 3. The molecule has 1 aromatic carbocycles. The SMILES string of the molecule is Cc1nc(C(N)=O)c2c(n1)n(-c1ccccc1C(F)(F)F)c(=O)n2CC(N)=O. The molecule has 0 unspecified atom stereocenters. The standard InChI is InChI=1S/C16H13F3N6O3/c1-7-22-11(13(21)27)12-14(23-7)25(15(28)24(12)6-10(20)26)9-5-3-2-4-8(9)16(17,18)19/h2-5H,6H2,1H3,(H2,20,26)(H2,21,27). The van der Waals surface area contributed by atoms with Crippen LogP contribution in [0.1, 0.15) is 21.9 Å². The molecule has 9 nitrogen and oxygen atoms in total. The fraction of sp³-hybridized carbons (Fsp3) is 0.188. The van der Waals surface area contributed by atoms with Crippen LogP contribution in [0.25, 0.3) is 16.9 Å². The molecule has 0 spiro atoms.